The van der Waals surface area contributed by atoms with Gasteiger partial charge in [0.05, 0.1) is 16.8 Å². The standard InChI is InChI=1S/C46H31NO/c1-2-13-32(14-3-1)33-27-29-37(30-28-33)47(43-24-12-26-45-46(43)41-21-7-9-25-44(41)48-45)42-23-8-6-20-40(42)36-18-10-17-35(31-36)39-22-11-16-34-15-4-5-19-38(34)39/h1-31H. The molecule has 0 saturated carbocycles. The van der Waals surface area contributed by atoms with Crippen molar-refractivity contribution < 1.29 is 4.42 Å². The van der Waals surface area contributed by atoms with Crippen LogP contribution in [0, 0.1) is 0 Å². The predicted octanol–water partition coefficient (Wildman–Crippen LogP) is 13.2. The smallest absolute Gasteiger partial charge is 0.137 e. The zero-order valence-electron chi connectivity index (χ0n) is 26.3. The number of anilines is 3. The first kappa shape index (κ1) is 27.9. The number of hydrogen-bond donors (Lipinski definition) is 0. The van der Waals surface area contributed by atoms with Crippen LogP contribution in [0.15, 0.2) is 192 Å². The van der Waals surface area contributed by atoms with E-state index in [1.165, 1.54) is 33.0 Å². The quantitative estimate of drug-likeness (QED) is 0.185. The van der Waals surface area contributed by atoms with E-state index in [4.69, 9.17) is 4.42 Å². The van der Waals surface area contributed by atoms with Gasteiger partial charge in [-0.3, -0.25) is 0 Å². The van der Waals surface area contributed by atoms with Crippen LogP contribution in [0.25, 0.3) is 66.1 Å². The molecule has 0 atom stereocenters. The monoisotopic (exact) mass is 613 g/mol. The molecule has 0 aliphatic carbocycles. The molecule has 0 radical (unpaired) electrons. The highest BCUT2D eigenvalue weighted by Gasteiger charge is 2.22. The summed E-state index contributed by atoms with van der Waals surface area (Å²) in [5.41, 5.74) is 12.1. The minimum atomic E-state index is 0.870. The van der Waals surface area contributed by atoms with E-state index in [-0.39, 0.29) is 0 Å². The molecule has 9 aromatic rings. The molecule has 0 N–H and O–H groups in total. The molecule has 0 saturated heterocycles. The highest BCUT2D eigenvalue weighted by molar-refractivity contribution is 6.14. The summed E-state index contributed by atoms with van der Waals surface area (Å²) in [4.78, 5) is 2.39. The summed E-state index contributed by atoms with van der Waals surface area (Å²) in [6.45, 7) is 0. The van der Waals surface area contributed by atoms with Gasteiger partial charge in [0.25, 0.3) is 0 Å². The fourth-order valence-electron chi connectivity index (χ4n) is 7.03. The normalized spacial score (nSPS) is 11.3. The van der Waals surface area contributed by atoms with Crippen LogP contribution in [0.4, 0.5) is 17.1 Å². The van der Waals surface area contributed by atoms with Crippen molar-refractivity contribution in [2.24, 2.45) is 0 Å². The number of nitrogens with zero attached hydrogens (tertiary/aromatic N) is 1. The Kier molecular flexibility index (Phi) is 6.84. The summed E-state index contributed by atoms with van der Waals surface area (Å²) in [6.07, 6.45) is 0. The molecule has 0 unspecified atom stereocenters. The van der Waals surface area contributed by atoms with E-state index < -0.39 is 0 Å². The van der Waals surface area contributed by atoms with Crippen molar-refractivity contribution >= 4 is 49.8 Å². The second kappa shape index (κ2) is 11.8. The van der Waals surface area contributed by atoms with E-state index in [0.717, 1.165) is 50.1 Å². The van der Waals surface area contributed by atoms with Crippen molar-refractivity contribution in [2.45, 2.75) is 0 Å². The number of fused-ring (bicyclic) bond motifs is 4. The lowest BCUT2D eigenvalue weighted by Gasteiger charge is -2.29. The van der Waals surface area contributed by atoms with Crippen LogP contribution in [0.2, 0.25) is 0 Å². The molecular formula is C46H31NO. The molecule has 8 aromatic carbocycles. The molecule has 0 aliphatic heterocycles. The maximum absolute atomic E-state index is 6.38. The number of para-hydroxylation sites is 2. The van der Waals surface area contributed by atoms with E-state index in [1.54, 1.807) is 0 Å². The second-order valence-electron chi connectivity index (χ2n) is 12.1. The van der Waals surface area contributed by atoms with Crippen LogP contribution in [-0.4, -0.2) is 0 Å². The minimum Gasteiger partial charge on any atom is -0.456 e. The zero-order valence-corrected chi connectivity index (χ0v) is 26.3. The third-order valence-electron chi connectivity index (χ3n) is 9.27. The van der Waals surface area contributed by atoms with Gasteiger partial charge in [-0.15, -0.1) is 0 Å². The van der Waals surface area contributed by atoms with E-state index >= 15 is 0 Å². The molecule has 0 bridgehead atoms. The topological polar surface area (TPSA) is 16.4 Å². The molecule has 0 aliphatic rings. The van der Waals surface area contributed by atoms with Gasteiger partial charge < -0.3 is 9.32 Å². The average Bonchev–Trinajstić information content (AvgIpc) is 3.55. The minimum absolute atomic E-state index is 0.870. The molecule has 1 heterocycles. The maximum atomic E-state index is 6.38. The molecule has 1 aromatic heterocycles. The van der Waals surface area contributed by atoms with Gasteiger partial charge in [0.15, 0.2) is 0 Å². The van der Waals surface area contributed by atoms with Gasteiger partial charge >= 0.3 is 0 Å². The molecule has 0 fully saturated rings. The van der Waals surface area contributed by atoms with Crippen molar-refractivity contribution in [3.63, 3.8) is 0 Å². The summed E-state index contributed by atoms with van der Waals surface area (Å²) in [5.74, 6) is 0. The van der Waals surface area contributed by atoms with Crippen LogP contribution in [-0.2, 0) is 0 Å². The third-order valence-corrected chi connectivity index (χ3v) is 9.27. The Balaban J connectivity index is 1.25. The fourth-order valence-corrected chi connectivity index (χ4v) is 7.03. The third kappa shape index (κ3) is 4.83. The number of rotatable bonds is 6. The number of hydrogen-bond acceptors (Lipinski definition) is 2. The van der Waals surface area contributed by atoms with Gasteiger partial charge in [0, 0.05) is 16.6 Å². The summed E-state index contributed by atoms with van der Waals surface area (Å²) in [7, 11) is 0. The Labute approximate surface area is 279 Å². The van der Waals surface area contributed by atoms with Gasteiger partial charge in [-0.05, 0) is 81.1 Å². The van der Waals surface area contributed by atoms with Crippen molar-refractivity contribution in [1.29, 1.82) is 0 Å². The summed E-state index contributed by atoms with van der Waals surface area (Å²) in [6, 6.07) is 66.9. The average molecular weight is 614 g/mol. The molecule has 0 spiro atoms. The first-order chi connectivity index (χ1) is 23.8. The Hall–Kier alpha value is -6.38. The summed E-state index contributed by atoms with van der Waals surface area (Å²) >= 11 is 0. The lowest BCUT2D eigenvalue weighted by atomic mass is 9.94. The van der Waals surface area contributed by atoms with Gasteiger partial charge in [-0.1, -0.05) is 146 Å². The Bertz CT molecular complexity index is 2560. The summed E-state index contributed by atoms with van der Waals surface area (Å²) < 4.78 is 6.38. The highest BCUT2D eigenvalue weighted by atomic mass is 16.3. The van der Waals surface area contributed by atoms with E-state index in [2.05, 4.69) is 181 Å². The van der Waals surface area contributed by atoms with Crippen LogP contribution < -0.4 is 4.90 Å². The molecule has 226 valence electrons. The molecule has 0 amide bonds. The maximum Gasteiger partial charge on any atom is 0.137 e. The van der Waals surface area contributed by atoms with Crippen LogP contribution in [0.5, 0.6) is 0 Å². The van der Waals surface area contributed by atoms with Gasteiger partial charge in [0.2, 0.25) is 0 Å². The van der Waals surface area contributed by atoms with Crippen molar-refractivity contribution in [1.82, 2.24) is 0 Å². The van der Waals surface area contributed by atoms with Crippen molar-refractivity contribution in [2.75, 3.05) is 4.90 Å². The SMILES string of the molecule is c1ccc(-c2ccc(N(c3ccccc3-c3cccc(-c4cccc5ccccc45)c3)c3cccc4oc5ccccc5c34)cc2)cc1. The van der Waals surface area contributed by atoms with Crippen molar-refractivity contribution in [3.8, 4) is 33.4 Å². The molecular weight excluding hydrogens is 583 g/mol. The first-order valence-electron chi connectivity index (χ1n) is 16.4. The predicted molar refractivity (Wildman–Crippen MR) is 202 cm³/mol. The molecule has 9 rings (SSSR count). The second-order valence-corrected chi connectivity index (χ2v) is 12.1. The van der Waals surface area contributed by atoms with Gasteiger partial charge in [-0.2, -0.15) is 0 Å². The molecule has 2 nitrogen and oxygen atoms in total. The molecule has 48 heavy (non-hydrogen) atoms. The zero-order chi connectivity index (χ0) is 31.9. The Morgan fingerprint density at radius 2 is 0.917 bits per heavy atom. The lowest BCUT2D eigenvalue weighted by molar-refractivity contribution is 0.669. The Morgan fingerprint density at radius 3 is 1.79 bits per heavy atom. The molecule has 2 heteroatoms. The largest absolute Gasteiger partial charge is 0.456 e. The number of furan rings is 1. The highest BCUT2D eigenvalue weighted by Crippen LogP contribution is 2.46. The van der Waals surface area contributed by atoms with E-state index in [0.29, 0.717) is 0 Å². The van der Waals surface area contributed by atoms with E-state index in [1.807, 2.05) is 12.1 Å². The lowest BCUT2D eigenvalue weighted by Crippen LogP contribution is -2.11. The fraction of sp³-hybridized carbons (Fsp3) is 0. The van der Waals surface area contributed by atoms with Crippen LogP contribution in [0.3, 0.4) is 0 Å². The Morgan fingerprint density at radius 1 is 0.354 bits per heavy atom. The first-order valence-corrected chi connectivity index (χ1v) is 16.4. The van der Waals surface area contributed by atoms with Crippen molar-refractivity contribution in [3.05, 3.63) is 188 Å². The van der Waals surface area contributed by atoms with E-state index in [9.17, 15) is 0 Å². The number of benzene rings is 8. The van der Waals surface area contributed by atoms with Crippen LogP contribution >= 0.6 is 0 Å². The van der Waals surface area contributed by atoms with Crippen LogP contribution in [0.1, 0.15) is 0 Å². The summed E-state index contributed by atoms with van der Waals surface area (Å²) in [5, 5.41) is 4.69. The van der Waals surface area contributed by atoms with Gasteiger partial charge in [-0.25, -0.2) is 0 Å². The van der Waals surface area contributed by atoms with Gasteiger partial charge in [0.1, 0.15) is 11.2 Å².